The molecule has 1 aliphatic heterocycles. The number of fused-ring (bicyclic) bond motifs is 1. The monoisotopic (exact) mass is 404 g/mol. The van der Waals surface area contributed by atoms with Gasteiger partial charge in [0, 0.05) is 6.54 Å². The molecule has 9 heteroatoms. The molecule has 1 amide bonds. The van der Waals surface area contributed by atoms with Crippen LogP contribution in [0.4, 0.5) is 11.4 Å². The minimum atomic E-state index is -3.35. The van der Waals surface area contributed by atoms with E-state index in [-0.39, 0.29) is 5.56 Å². The molecule has 0 radical (unpaired) electrons. The van der Waals surface area contributed by atoms with Gasteiger partial charge in [-0.1, -0.05) is 12.1 Å². The van der Waals surface area contributed by atoms with Crippen LogP contribution in [0.5, 0.6) is 5.75 Å². The van der Waals surface area contributed by atoms with Crippen LogP contribution >= 0.6 is 0 Å². The maximum atomic E-state index is 12.2. The number of nitrogens with zero attached hydrogens (tertiary/aromatic N) is 1. The summed E-state index contributed by atoms with van der Waals surface area (Å²) in [5, 5.41) is 2.62. The number of carbonyl (C=O) groups is 2. The van der Waals surface area contributed by atoms with E-state index >= 15 is 0 Å². The third-order valence-corrected chi connectivity index (χ3v) is 5.46. The molecule has 2 aromatic carbocycles. The number of hydrogen-bond donors (Lipinski definition) is 1. The molecule has 1 N–H and O–H groups in total. The van der Waals surface area contributed by atoms with Crippen molar-refractivity contribution in [3.05, 3.63) is 53.6 Å². The standard InChI is InChI=1S/C19H20N2O6S/c1-26-17-6-4-3-5-15(17)20-18(22)12-27-19(23)14-7-8-16-13(11-14)9-10-21(16)28(2,24)25/h3-8,11H,9-10,12H2,1-2H3,(H,20,22). The van der Waals surface area contributed by atoms with Crippen molar-refractivity contribution in [2.75, 3.05) is 36.1 Å². The minimum absolute atomic E-state index is 0.263. The van der Waals surface area contributed by atoms with Gasteiger partial charge in [-0.3, -0.25) is 9.10 Å². The van der Waals surface area contributed by atoms with Crippen LogP contribution in [-0.4, -0.2) is 46.8 Å². The normalized spacial score (nSPS) is 13.0. The Labute approximate surface area is 163 Å². The van der Waals surface area contributed by atoms with Crippen LogP contribution in [0.1, 0.15) is 15.9 Å². The highest BCUT2D eigenvalue weighted by Gasteiger charge is 2.27. The zero-order chi connectivity index (χ0) is 20.3. The number of sulfonamides is 1. The largest absolute Gasteiger partial charge is 0.495 e. The van der Waals surface area contributed by atoms with E-state index in [0.29, 0.717) is 30.1 Å². The Morgan fingerprint density at radius 2 is 1.93 bits per heavy atom. The lowest BCUT2D eigenvalue weighted by molar-refractivity contribution is -0.119. The van der Waals surface area contributed by atoms with Gasteiger partial charge in [-0.25, -0.2) is 13.2 Å². The van der Waals surface area contributed by atoms with Gasteiger partial charge < -0.3 is 14.8 Å². The molecule has 0 aliphatic carbocycles. The highest BCUT2D eigenvalue weighted by molar-refractivity contribution is 7.92. The lowest BCUT2D eigenvalue weighted by atomic mass is 10.1. The first-order valence-electron chi connectivity index (χ1n) is 8.50. The van der Waals surface area contributed by atoms with E-state index in [9.17, 15) is 18.0 Å². The minimum Gasteiger partial charge on any atom is -0.495 e. The summed E-state index contributed by atoms with van der Waals surface area (Å²) >= 11 is 0. The molecule has 0 atom stereocenters. The number of anilines is 2. The molecule has 0 fully saturated rings. The Morgan fingerprint density at radius 3 is 2.64 bits per heavy atom. The summed E-state index contributed by atoms with van der Waals surface area (Å²) in [5.41, 5.74) is 2.05. The molecule has 1 heterocycles. The number of esters is 1. The van der Waals surface area contributed by atoms with E-state index in [1.807, 2.05) is 0 Å². The van der Waals surface area contributed by atoms with Gasteiger partial charge in [-0.15, -0.1) is 0 Å². The van der Waals surface area contributed by atoms with Gasteiger partial charge in [0.2, 0.25) is 10.0 Å². The molecule has 1 aliphatic rings. The summed E-state index contributed by atoms with van der Waals surface area (Å²) in [6, 6.07) is 11.6. The van der Waals surface area contributed by atoms with Crippen molar-refractivity contribution in [3.8, 4) is 5.75 Å². The van der Waals surface area contributed by atoms with Crippen LogP contribution in [0.3, 0.4) is 0 Å². The van der Waals surface area contributed by atoms with Gasteiger partial charge in [0.15, 0.2) is 6.61 Å². The summed E-state index contributed by atoms with van der Waals surface area (Å²) in [5.74, 6) is -0.658. The Kier molecular flexibility index (Phi) is 5.55. The van der Waals surface area contributed by atoms with E-state index in [2.05, 4.69) is 5.32 Å². The smallest absolute Gasteiger partial charge is 0.338 e. The fourth-order valence-corrected chi connectivity index (χ4v) is 3.95. The second-order valence-electron chi connectivity index (χ2n) is 6.25. The van der Waals surface area contributed by atoms with Crippen molar-refractivity contribution in [2.45, 2.75) is 6.42 Å². The Hall–Kier alpha value is -3.07. The van der Waals surface area contributed by atoms with E-state index in [4.69, 9.17) is 9.47 Å². The summed E-state index contributed by atoms with van der Waals surface area (Å²) in [4.78, 5) is 24.3. The van der Waals surface area contributed by atoms with Crippen LogP contribution in [0.15, 0.2) is 42.5 Å². The highest BCUT2D eigenvalue weighted by Crippen LogP contribution is 2.31. The predicted octanol–water partition coefficient (Wildman–Crippen LogP) is 1.81. The molecule has 0 saturated carbocycles. The van der Waals surface area contributed by atoms with Crippen molar-refractivity contribution in [1.29, 1.82) is 0 Å². The average Bonchev–Trinajstić information content (AvgIpc) is 3.10. The molecule has 148 valence electrons. The maximum absolute atomic E-state index is 12.2. The third-order valence-electron chi connectivity index (χ3n) is 4.28. The first-order chi connectivity index (χ1) is 13.3. The lowest BCUT2D eigenvalue weighted by Crippen LogP contribution is -2.27. The molecule has 0 unspecified atom stereocenters. The van der Waals surface area contributed by atoms with Crippen molar-refractivity contribution < 1.29 is 27.5 Å². The molecular weight excluding hydrogens is 384 g/mol. The number of rotatable bonds is 6. The molecule has 3 rings (SSSR count). The number of ether oxygens (including phenoxy) is 2. The van der Waals surface area contributed by atoms with Crippen LogP contribution in [0, 0.1) is 0 Å². The number of para-hydroxylation sites is 2. The number of benzene rings is 2. The van der Waals surface area contributed by atoms with Gasteiger partial charge in [-0.2, -0.15) is 0 Å². The fraction of sp³-hybridized carbons (Fsp3) is 0.263. The van der Waals surface area contributed by atoms with Crippen LogP contribution in [-0.2, 0) is 26.0 Å². The lowest BCUT2D eigenvalue weighted by Gasteiger charge is -2.16. The van der Waals surface area contributed by atoms with Crippen molar-refractivity contribution >= 4 is 33.3 Å². The number of methoxy groups -OCH3 is 1. The molecule has 2 aromatic rings. The number of carbonyl (C=O) groups excluding carboxylic acids is 2. The van der Waals surface area contributed by atoms with Crippen molar-refractivity contribution in [2.24, 2.45) is 0 Å². The second kappa shape index (κ2) is 7.89. The second-order valence-corrected chi connectivity index (χ2v) is 8.16. The molecule has 0 bridgehead atoms. The number of nitrogens with one attached hydrogen (secondary N) is 1. The summed E-state index contributed by atoms with van der Waals surface area (Å²) in [7, 11) is -1.86. The molecule has 8 nitrogen and oxygen atoms in total. The van der Waals surface area contributed by atoms with Crippen LogP contribution in [0.2, 0.25) is 0 Å². The van der Waals surface area contributed by atoms with Crippen LogP contribution < -0.4 is 14.4 Å². The summed E-state index contributed by atoms with van der Waals surface area (Å²) in [6.07, 6.45) is 1.66. The Bertz CT molecular complexity index is 1020. The SMILES string of the molecule is COc1ccccc1NC(=O)COC(=O)c1ccc2c(c1)CCN2S(C)(=O)=O. The first kappa shape index (κ1) is 19.7. The molecular formula is C19H20N2O6S. The van der Waals surface area contributed by atoms with Gasteiger partial charge in [0.1, 0.15) is 5.75 Å². The average molecular weight is 404 g/mol. The van der Waals surface area contributed by atoms with E-state index < -0.39 is 28.5 Å². The molecule has 0 saturated heterocycles. The van der Waals surface area contributed by atoms with Gasteiger partial charge in [0.25, 0.3) is 5.91 Å². The summed E-state index contributed by atoms with van der Waals surface area (Å²) in [6.45, 7) is -0.114. The van der Waals surface area contributed by atoms with E-state index in [1.165, 1.54) is 17.5 Å². The van der Waals surface area contributed by atoms with E-state index in [1.54, 1.807) is 36.4 Å². The van der Waals surface area contributed by atoms with Gasteiger partial charge in [0.05, 0.1) is 30.3 Å². The van der Waals surface area contributed by atoms with Crippen molar-refractivity contribution in [3.63, 3.8) is 0 Å². The fourth-order valence-electron chi connectivity index (χ4n) is 2.99. The Balaban J connectivity index is 1.62. The highest BCUT2D eigenvalue weighted by atomic mass is 32.2. The number of hydrogen-bond acceptors (Lipinski definition) is 6. The van der Waals surface area contributed by atoms with Gasteiger partial charge >= 0.3 is 5.97 Å². The molecule has 0 aromatic heterocycles. The summed E-state index contributed by atoms with van der Waals surface area (Å²) < 4.78 is 35.1. The predicted molar refractivity (Wildman–Crippen MR) is 104 cm³/mol. The topological polar surface area (TPSA) is 102 Å². The quantitative estimate of drug-likeness (QED) is 0.737. The first-order valence-corrected chi connectivity index (χ1v) is 10.3. The number of amides is 1. The van der Waals surface area contributed by atoms with Crippen LogP contribution in [0.25, 0.3) is 0 Å². The van der Waals surface area contributed by atoms with Crippen molar-refractivity contribution in [1.82, 2.24) is 0 Å². The maximum Gasteiger partial charge on any atom is 0.338 e. The molecule has 0 spiro atoms. The molecule has 28 heavy (non-hydrogen) atoms. The zero-order valence-corrected chi connectivity index (χ0v) is 16.3. The van der Waals surface area contributed by atoms with Gasteiger partial charge in [-0.05, 0) is 42.3 Å². The van der Waals surface area contributed by atoms with E-state index in [0.717, 1.165) is 11.8 Å². The third kappa shape index (κ3) is 4.25. The Morgan fingerprint density at radius 1 is 1.18 bits per heavy atom. The zero-order valence-electron chi connectivity index (χ0n) is 15.5.